The number of carbonyl (C=O) groups is 1. The molecule has 1 aromatic rings. The first-order valence-corrected chi connectivity index (χ1v) is 9.62. The third-order valence-corrected chi connectivity index (χ3v) is 5.65. The van der Waals surface area contributed by atoms with E-state index >= 15 is 0 Å². The highest BCUT2D eigenvalue weighted by Crippen LogP contribution is 2.28. The summed E-state index contributed by atoms with van der Waals surface area (Å²) in [6.45, 7) is 3.69. The van der Waals surface area contributed by atoms with Gasteiger partial charge in [-0.2, -0.15) is 0 Å². The van der Waals surface area contributed by atoms with Crippen molar-refractivity contribution in [2.24, 2.45) is 11.7 Å². The van der Waals surface area contributed by atoms with Crippen molar-refractivity contribution in [1.82, 2.24) is 10.2 Å². The molecule has 0 bridgehead atoms. The fraction of sp³-hybridized carbons (Fsp3) is 0.632. The number of carbonyl (C=O) groups excluding carboxylic acids is 1. The van der Waals surface area contributed by atoms with Gasteiger partial charge < -0.3 is 15.8 Å². The summed E-state index contributed by atoms with van der Waals surface area (Å²) in [6.07, 6.45) is 3.80. The number of hydrogen-bond donors (Lipinski definition) is 2. The van der Waals surface area contributed by atoms with Gasteiger partial charge in [0.1, 0.15) is 0 Å². The Hall–Kier alpha value is -1.14. The van der Waals surface area contributed by atoms with E-state index in [-0.39, 0.29) is 23.9 Å². The predicted molar refractivity (Wildman–Crippen MR) is 99.5 cm³/mol. The zero-order valence-corrected chi connectivity index (χ0v) is 15.4. The van der Waals surface area contributed by atoms with Crippen molar-refractivity contribution in [2.45, 2.75) is 37.8 Å². The van der Waals surface area contributed by atoms with Gasteiger partial charge in [0, 0.05) is 36.6 Å². The van der Waals surface area contributed by atoms with E-state index in [2.05, 4.69) is 10.2 Å². The minimum absolute atomic E-state index is 0.0420. The molecule has 25 heavy (non-hydrogen) atoms. The van der Waals surface area contributed by atoms with Gasteiger partial charge in [-0.3, -0.25) is 9.69 Å². The number of nitrogens with two attached hydrogens (primary N) is 1. The van der Waals surface area contributed by atoms with E-state index in [0.717, 1.165) is 49.4 Å². The van der Waals surface area contributed by atoms with Crippen LogP contribution in [0.2, 0.25) is 5.02 Å². The average molecular weight is 366 g/mol. The number of nitrogens with zero attached hydrogens (tertiary/aromatic N) is 1. The number of amides is 1. The van der Waals surface area contributed by atoms with E-state index < -0.39 is 0 Å². The molecule has 1 saturated carbocycles. The van der Waals surface area contributed by atoms with Gasteiger partial charge in [0.25, 0.3) is 0 Å². The third kappa shape index (κ3) is 4.94. The first-order chi connectivity index (χ1) is 12.1. The van der Waals surface area contributed by atoms with Crippen molar-refractivity contribution in [3.63, 3.8) is 0 Å². The zero-order chi connectivity index (χ0) is 17.6. The molecule has 3 N–H and O–H groups in total. The number of nitrogens with one attached hydrogen (secondary N) is 1. The van der Waals surface area contributed by atoms with E-state index in [0.29, 0.717) is 19.8 Å². The van der Waals surface area contributed by atoms with Gasteiger partial charge in [-0.05, 0) is 30.9 Å². The average Bonchev–Trinajstić information content (AvgIpc) is 2.64. The summed E-state index contributed by atoms with van der Waals surface area (Å²) in [6, 6.07) is 8.11. The molecule has 0 radical (unpaired) electrons. The fourth-order valence-corrected chi connectivity index (χ4v) is 4.14. The molecule has 2 fully saturated rings. The Bertz CT molecular complexity index is 578. The summed E-state index contributed by atoms with van der Waals surface area (Å²) in [5.74, 6) is 0.167. The van der Waals surface area contributed by atoms with Crippen LogP contribution in [0, 0.1) is 5.92 Å². The molecule has 0 aromatic heterocycles. The molecule has 5 nitrogen and oxygen atoms in total. The number of rotatable bonds is 5. The maximum atomic E-state index is 12.6. The van der Waals surface area contributed by atoms with Crippen LogP contribution >= 0.6 is 11.6 Å². The second-order valence-electron chi connectivity index (χ2n) is 7.05. The van der Waals surface area contributed by atoms with Crippen LogP contribution in [0.3, 0.4) is 0 Å². The highest BCUT2D eigenvalue weighted by molar-refractivity contribution is 6.31. The molecule has 3 rings (SSSR count). The second kappa shape index (κ2) is 8.99. The third-order valence-electron chi connectivity index (χ3n) is 5.31. The van der Waals surface area contributed by atoms with Gasteiger partial charge in [0.15, 0.2) is 0 Å². The molecule has 6 heteroatoms. The molecule has 0 spiro atoms. The van der Waals surface area contributed by atoms with Gasteiger partial charge in [-0.25, -0.2) is 0 Å². The van der Waals surface area contributed by atoms with E-state index in [1.54, 1.807) is 0 Å². The quantitative estimate of drug-likeness (QED) is 0.840. The Morgan fingerprint density at radius 1 is 1.32 bits per heavy atom. The number of benzene rings is 1. The molecular weight excluding hydrogens is 338 g/mol. The lowest BCUT2D eigenvalue weighted by Gasteiger charge is -2.35. The van der Waals surface area contributed by atoms with Crippen LogP contribution in [0.15, 0.2) is 24.3 Å². The lowest BCUT2D eigenvalue weighted by atomic mass is 9.85. The highest BCUT2D eigenvalue weighted by Gasteiger charge is 2.28. The van der Waals surface area contributed by atoms with Gasteiger partial charge in [0.2, 0.25) is 5.91 Å². The van der Waals surface area contributed by atoms with Crippen molar-refractivity contribution >= 4 is 17.5 Å². The maximum Gasteiger partial charge on any atom is 0.223 e. The van der Waals surface area contributed by atoms with Crippen LogP contribution in [0.1, 0.15) is 37.3 Å². The first-order valence-electron chi connectivity index (χ1n) is 9.24. The molecule has 2 aliphatic rings. The number of hydrogen-bond acceptors (Lipinski definition) is 4. The zero-order valence-electron chi connectivity index (χ0n) is 14.6. The van der Waals surface area contributed by atoms with Crippen LogP contribution < -0.4 is 11.1 Å². The minimum Gasteiger partial charge on any atom is -0.379 e. The lowest BCUT2D eigenvalue weighted by Crippen LogP contribution is -2.45. The summed E-state index contributed by atoms with van der Waals surface area (Å²) >= 11 is 6.43. The summed E-state index contributed by atoms with van der Waals surface area (Å²) in [7, 11) is 0. The molecule has 1 saturated heterocycles. The van der Waals surface area contributed by atoms with Crippen LogP contribution in [0.4, 0.5) is 0 Å². The van der Waals surface area contributed by atoms with Gasteiger partial charge in [0.05, 0.1) is 19.3 Å². The van der Waals surface area contributed by atoms with Crippen LogP contribution in [-0.4, -0.2) is 49.7 Å². The predicted octanol–water partition coefficient (Wildman–Crippen LogP) is 2.35. The molecule has 1 heterocycles. The Balaban J connectivity index is 1.67. The normalized spacial score (nSPS) is 26.2. The summed E-state index contributed by atoms with van der Waals surface area (Å²) < 4.78 is 5.47. The van der Waals surface area contributed by atoms with E-state index in [1.165, 1.54) is 0 Å². The smallest absolute Gasteiger partial charge is 0.223 e. The van der Waals surface area contributed by atoms with Crippen LogP contribution in [-0.2, 0) is 9.53 Å². The van der Waals surface area contributed by atoms with E-state index in [1.807, 2.05) is 24.3 Å². The van der Waals surface area contributed by atoms with Crippen molar-refractivity contribution < 1.29 is 9.53 Å². The highest BCUT2D eigenvalue weighted by atomic mass is 35.5. The Labute approximate surface area is 154 Å². The van der Waals surface area contributed by atoms with Crippen molar-refractivity contribution in [2.75, 3.05) is 32.8 Å². The fourth-order valence-electron chi connectivity index (χ4n) is 3.88. The van der Waals surface area contributed by atoms with E-state index in [4.69, 9.17) is 22.1 Å². The monoisotopic (exact) mass is 365 g/mol. The minimum atomic E-state index is 0.0420. The topological polar surface area (TPSA) is 67.6 Å². The molecule has 1 amide bonds. The number of halogens is 1. The van der Waals surface area contributed by atoms with Gasteiger partial charge in [-0.15, -0.1) is 0 Å². The van der Waals surface area contributed by atoms with Crippen molar-refractivity contribution in [3.05, 3.63) is 34.9 Å². The first kappa shape index (κ1) is 18.6. The maximum absolute atomic E-state index is 12.6. The summed E-state index contributed by atoms with van der Waals surface area (Å²) in [5, 5.41) is 3.90. The summed E-state index contributed by atoms with van der Waals surface area (Å²) in [4.78, 5) is 14.9. The number of ether oxygens (including phenoxy) is 1. The molecule has 0 unspecified atom stereocenters. The standard InChI is InChI=1S/C19H28ClN3O2/c20-17-7-2-1-6-16(17)18(23-8-10-25-11-9-23)13-22-19(24)14-4-3-5-15(21)12-14/h1-2,6-7,14-15,18H,3-5,8-13,21H2,(H,22,24)/t14-,15-,18-/m1/s1. The molecule has 1 aliphatic heterocycles. The second-order valence-corrected chi connectivity index (χ2v) is 7.46. The van der Waals surface area contributed by atoms with Crippen molar-refractivity contribution in [1.29, 1.82) is 0 Å². The summed E-state index contributed by atoms with van der Waals surface area (Å²) in [5.41, 5.74) is 7.09. The van der Waals surface area contributed by atoms with Crippen LogP contribution in [0.5, 0.6) is 0 Å². The van der Waals surface area contributed by atoms with Gasteiger partial charge in [-0.1, -0.05) is 36.2 Å². The lowest BCUT2D eigenvalue weighted by molar-refractivity contribution is -0.126. The molecule has 1 aromatic carbocycles. The SMILES string of the molecule is N[C@@H]1CCC[C@@H](C(=O)NC[C@H](c2ccccc2Cl)N2CCOCC2)C1. The molecular formula is C19H28ClN3O2. The van der Waals surface area contributed by atoms with Crippen molar-refractivity contribution in [3.8, 4) is 0 Å². The molecule has 1 aliphatic carbocycles. The van der Waals surface area contributed by atoms with Crippen LogP contribution in [0.25, 0.3) is 0 Å². The Morgan fingerprint density at radius 2 is 2.08 bits per heavy atom. The molecule has 3 atom stereocenters. The Morgan fingerprint density at radius 3 is 2.80 bits per heavy atom. The molecule has 138 valence electrons. The Kier molecular flexibility index (Phi) is 6.70. The van der Waals surface area contributed by atoms with E-state index in [9.17, 15) is 4.79 Å². The van der Waals surface area contributed by atoms with Gasteiger partial charge >= 0.3 is 0 Å². The number of morpholine rings is 1. The largest absolute Gasteiger partial charge is 0.379 e.